The number of benzene rings is 1. The van der Waals surface area contributed by atoms with Crippen molar-refractivity contribution in [3.63, 3.8) is 0 Å². The predicted molar refractivity (Wildman–Crippen MR) is 91.3 cm³/mol. The van der Waals surface area contributed by atoms with Gasteiger partial charge in [-0.1, -0.05) is 39.4 Å². The maximum Gasteiger partial charge on any atom is 0.307 e. The van der Waals surface area contributed by atoms with Crippen molar-refractivity contribution in [3.05, 3.63) is 34.8 Å². The first-order valence-corrected chi connectivity index (χ1v) is 8.92. The van der Waals surface area contributed by atoms with E-state index in [9.17, 15) is 14.7 Å². The number of carboxylic acids is 1. The number of allylic oxidation sites excluding steroid dienone is 2. The number of thiazole rings is 1. The third-order valence-electron chi connectivity index (χ3n) is 4.63. The Morgan fingerprint density at radius 2 is 2.00 bits per heavy atom. The fourth-order valence-corrected chi connectivity index (χ4v) is 5.08. The Morgan fingerprint density at radius 3 is 2.74 bits per heavy atom. The van der Waals surface area contributed by atoms with Crippen LogP contribution in [-0.4, -0.2) is 22.0 Å². The number of aliphatic carboxylic acids is 1. The first-order chi connectivity index (χ1) is 11.0. The van der Waals surface area contributed by atoms with Gasteiger partial charge in [-0.2, -0.15) is 0 Å². The molecule has 2 aliphatic rings. The Bertz CT molecular complexity index is 847. The number of amides is 1. The largest absolute Gasteiger partial charge is 0.481 e. The molecule has 2 N–H and O–H groups in total. The van der Waals surface area contributed by atoms with Crippen LogP contribution in [0.3, 0.4) is 0 Å². The number of carboxylic acid groups (broad SMARTS) is 1. The third kappa shape index (κ3) is 2.48. The van der Waals surface area contributed by atoms with Gasteiger partial charge in [-0.15, -0.1) is 0 Å². The number of carbonyl (C=O) groups excluding carboxylic acids is 1. The molecule has 1 heterocycles. The summed E-state index contributed by atoms with van der Waals surface area (Å²) >= 11 is 4.80. The molecule has 4 rings (SSSR count). The monoisotopic (exact) mass is 392 g/mol. The molecule has 1 saturated carbocycles. The van der Waals surface area contributed by atoms with Crippen molar-refractivity contribution in [1.29, 1.82) is 0 Å². The highest BCUT2D eigenvalue weighted by atomic mass is 79.9. The van der Waals surface area contributed by atoms with Crippen LogP contribution in [0.15, 0.2) is 34.8 Å². The predicted octanol–water partition coefficient (Wildman–Crippen LogP) is 3.52. The second-order valence-corrected chi connectivity index (χ2v) is 7.90. The van der Waals surface area contributed by atoms with Crippen molar-refractivity contribution < 1.29 is 14.7 Å². The van der Waals surface area contributed by atoms with Crippen LogP contribution in [0.5, 0.6) is 0 Å². The molecule has 2 aliphatic carbocycles. The van der Waals surface area contributed by atoms with Crippen molar-refractivity contribution in [2.75, 3.05) is 5.32 Å². The van der Waals surface area contributed by atoms with Crippen molar-refractivity contribution in [3.8, 4) is 0 Å². The highest BCUT2D eigenvalue weighted by Crippen LogP contribution is 2.48. The number of aromatic nitrogens is 1. The number of halogens is 1. The van der Waals surface area contributed by atoms with E-state index in [0.717, 1.165) is 21.1 Å². The highest BCUT2D eigenvalue weighted by molar-refractivity contribution is 9.10. The summed E-state index contributed by atoms with van der Waals surface area (Å²) in [5.41, 5.74) is 0.816. The first-order valence-electron chi connectivity index (χ1n) is 7.31. The summed E-state index contributed by atoms with van der Waals surface area (Å²) in [5.74, 6) is -2.29. The van der Waals surface area contributed by atoms with Gasteiger partial charge in [0.2, 0.25) is 5.91 Å². The van der Waals surface area contributed by atoms with Crippen LogP contribution >= 0.6 is 27.3 Å². The summed E-state index contributed by atoms with van der Waals surface area (Å²) in [6, 6.07) is 5.73. The van der Waals surface area contributed by atoms with Crippen molar-refractivity contribution in [2.45, 2.75) is 6.42 Å². The molecule has 2 aromatic rings. The summed E-state index contributed by atoms with van der Waals surface area (Å²) in [6.45, 7) is 0. The van der Waals surface area contributed by atoms with Gasteiger partial charge in [0.1, 0.15) is 0 Å². The van der Waals surface area contributed by atoms with Gasteiger partial charge in [0.15, 0.2) is 5.13 Å². The van der Waals surface area contributed by atoms with Crippen molar-refractivity contribution >= 4 is 54.5 Å². The van der Waals surface area contributed by atoms with E-state index in [1.165, 1.54) is 11.3 Å². The maximum absolute atomic E-state index is 12.6. The van der Waals surface area contributed by atoms with Gasteiger partial charge in [0.25, 0.3) is 0 Å². The lowest BCUT2D eigenvalue weighted by Crippen LogP contribution is -2.36. The number of hydrogen-bond donors (Lipinski definition) is 2. The quantitative estimate of drug-likeness (QED) is 0.783. The van der Waals surface area contributed by atoms with Crippen LogP contribution in [0, 0.1) is 23.7 Å². The molecule has 1 aromatic heterocycles. The van der Waals surface area contributed by atoms with Gasteiger partial charge in [-0.05, 0) is 36.5 Å². The SMILES string of the molecule is O=C(Nc1nc2ccc(Br)cc2s1)[C@@H]1[C@@H](C(=O)O)[C@H]2C=C[C@@H]1C2. The molecule has 0 spiro atoms. The topological polar surface area (TPSA) is 79.3 Å². The molecule has 5 nitrogen and oxygen atoms in total. The summed E-state index contributed by atoms with van der Waals surface area (Å²) in [7, 11) is 0. The van der Waals surface area contributed by atoms with Gasteiger partial charge in [0.05, 0.1) is 22.1 Å². The molecule has 23 heavy (non-hydrogen) atoms. The summed E-state index contributed by atoms with van der Waals surface area (Å²) in [5, 5.41) is 12.8. The van der Waals surface area contributed by atoms with Crippen LogP contribution in [-0.2, 0) is 9.59 Å². The number of rotatable bonds is 3. The van der Waals surface area contributed by atoms with Gasteiger partial charge >= 0.3 is 5.97 Å². The van der Waals surface area contributed by atoms with Crippen molar-refractivity contribution in [1.82, 2.24) is 4.98 Å². The van der Waals surface area contributed by atoms with Gasteiger partial charge < -0.3 is 10.4 Å². The summed E-state index contributed by atoms with van der Waals surface area (Å²) in [6.07, 6.45) is 4.66. The lowest BCUT2D eigenvalue weighted by Gasteiger charge is -2.23. The van der Waals surface area contributed by atoms with E-state index < -0.39 is 17.8 Å². The van der Waals surface area contributed by atoms with E-state index >= 15 is 0 Å². The normalized spacial score (nSPS) is 28.4. The van der Waals surface area contributed by atoms with E-state index in [1.54, 1.807) is 0 Å². The Labute approximate surface area is 144 Å². The number of hydrogen-bond acceptors (Lipinski definition) is 4. The van der Waals surface area contributed by atoms with Crippen LogP contribution in [0.4, 0.5) is 5.13 Å². The van der Waals surface area contributed by atoms with E-state index in [2.05, 4.69) is 26.2 Å². The molecule has 0 unspecified atom stereocenters. The standard InChI is InChI=1S/C16H13BrN2O3S/c17-9-3-4-10-11(6-9)23-16(18-10)19-14(20)12-7-1-2-8(5-7)13(12)15(21)22/h1-4,6-8,12-13H,5H2,(H,21,22)(H,18,19,20)/t7-,8+,12+,13+/m1/s1. The Balaban J connectivity index is 1.59. The molecule has 1 fully saturated rings. The first kappa shape index (κ1) is 14.8. The van der Waals surface area contributed by atoms with E-state index in [1.807, 2.05) is 30.4 Å². The molecule has 4 atom stereocenters. The third-order valence-corrected chi connectivity index (χ3v) is 6.05. The molecule has 0 radical (unpaired) electrons. The molecule has 0 saturated heterocycles. The zero-order valence-electron chi connectivity index (χ0n) is 11.9. The van der Waals surface area contributed by atoms with Crippen molar-refractivity contribution in [2.24, 2.45) is 23.7 Å². The van der Waals surface area contributed by atoms with Gasteiger partial charge in [0, 0.05) is 4.47 Å². The second kappa shape index (κ2) is 5.42. The maximum atomic E-state index is 12.6. The lowest BCUT2D eigenvalue weighted by atomic mass is 9.82. The number of nitrogens with zero attached hydrogens (tertiary/aromatic N) is 1. The summed E-state index contributed by atoms with van der Waals surface area (Å²) in [4.78, 5) is 28.5. The number of fused-ring (bicyclic) bond motifs is 3. The van der Waals surface area contributed by atoms with Crippen LogP contribution < -0.4 is 5.32 Å². The minimum absolute atomic E-state index is 0.0182. The molecule has 118 valence electrons. The minimum Gasteiger partial charge on any atom is -0.481 e. The van der Waals surface area contributed by atoms with E-state index in [0.29, 0.717) is 5.13 Å². The molecular formula is C16H13BrN2O3S. The fraction of sp³-hybridized carbons (Fsp3) is 0.312. The zero-order valence-corrected chi connectivity index (χ0v) is 14.3. The van der Waals surface area contributed by atoms with Crippen LogP contribution in [0.2, 0.25) is 0 Å². The van der Waals surface area contributed by atoms with Crippen LogP contribution in [0.1, 0.15) is 6.42 Å². The minimum atomic E-state index is -0.893. The summed E-state index contributed by atoms with van der Waals surface area (Å²) < 4.78 is 1.92. The number of anilines is 1. The zero-order chi connectivity index (χ0) is 16.1. The number of nitrogens with one attached hydrogen (secondary N) is 1. The second-order valence-electron chi connectivity index (χ2n) is 5.96. The average Bonchev–Trinajstić information content (AvgIpc) is 3.18. The van der Waals surface area contributed by atoms with Crippen LogP contribution in [0.25, 0.3) is 10.2 Å². The average molecular weight is 393 g/mol. The molecular weight excluding hydrogens is 380 g/mol. The van der Waals surface area contributed by atoms with E-state index in [4.69, 9.17) is 0 Å². The fourth-order valence-electron chi connectivity index (χ4n) is 3.66. The Kier molecular flexibility index (Phi) is 3.50. The number of carbonyl (C=O) groups is 2. The molecule has 2 bridgehead atoms. The lowest BCUT2D eigenvalue weighted by molar-refractivity contribution is -0.146. The van der Waals surface area contributed by atoms with E-state index in [-0.39, 0.29) is 17.7 Å². The van der Waals surface area contributed by atoms with Gasteiger partial charge in [-0.25, -0.2) is 4.98 Å². The van der Waals surface area contributed by atoms with Gasteiger partial charge in [-0.3, -0.25) is 9.59 Å². The molecule has 0 aliphatic heterocycles. The molecule has 7 heteroatoms. The smallest absolute Gasteiger partial charge is 0.307 e. The highest BCUT2D eigenvalue weighted by Gasteiger charge is 2.51. The Morgan fingerprint density at radius 1 is 1.26 bits per heavy atom. The molecule has 1 aromatic carbocycles. The molecule has 1 amide bonds. The Hall–Kier alpha value is -1.73.